The maximum atomic E-state index is 11.8. The van der Waals surface area contributed by atoms with Crippen molar-refractivity contribution in [3.63, 3.8) is 0 Å². The Morgan fingerprint density at radius 3 is 2.58 bits per heavy atom. The molecular weight excluding hydrogens is 404 g/mol. The van der Waals surface area contributed by atoms with Gasteiger partial charge in [0.15, 0.2) is 18.1 Å². The van der Waals surface area contributed by atoms with Crippen LogP contribution in [0.15, 0.2) is 46.0 Å². The van der Waals surface area contributed by atoms with Crippen molar-refractivity contribution in [1.29, 1.82) is 0 Å². The quantitative estimate of drug-likeness (QED) is 0.503. The van der Waals surface area contributed by atoms with Gasteiger partial charge < -0.3 is 19.3 Å². The van der Waals surface area contributed by atoms with Gasteiger partial charge in [0.25, 0.3) is 5.91 Å². The van der Waals surface area contributed by atoms with Crippen LogP contribution in [0.5, 0.6) is 23.0 Å². The fourth-order valence-corrected chi connectivity index (χ4v) is 2.43. The fraction of sp³-hybridized carbons (Fsp3) is 0.222. The molecule has 0 aromatic heterocycles. The number of methoxy groups -OCH3 is 1. The number of aromatic hydroxyl groups is 1. The molecule has 8 heteroatoms. The third-order valence-electron chi connectivity index (χ3n) is 3.18. The molecule has 0 radical (unpaired) electrons. The highest BCUT2D eigenvalue weighted by Crippen LogP contribution is 2.35. The number of ether oxygens (including phenoxy) is 3. The second-order valence-corrected chi connectivity index (χ2v) is 5.89. The van der Waals surface area contributed by atoms with E-state index in [1.165, 1.54) is 6.21 Å². The first-order valence-corrected chi connectivity index (χ1v) is 8.56. The van der Waals surface area contributed by atoms with E-state index in [1.807, 2.05) is 6.92 Å². The number of rotatable bonds is 8. The molecule has 0 aliphatic rings. The Kier molecular flexibility index (Phi) is 7.28. The number of hydrazone groups is 1. The number of carbonyl (C=O) groups excluding carboxylic acids is 1. The van der Waals surface area contributed by atoms with Gasteiger partial charge >= 0.3 is 0 Å². The van der Waals surface area contributed by atoms with Crippen LogP contribution in [0.4, 0.5) is 0 Å². The average Bonchev–Trinajstić information content (AvgIpc) is 2.64. The number of benzene rings is 2. The van der Waals surface area contributed by atoms with Crippen LogP contribution in [0.25, 0.3) is 0 Å². The van der Waals surface area contributed by atoms with Crippen LogP contribution in [0.3, 0.4) is 0 Å². The van der Waals surface area contributed by atoms with Crippen molar-refractivity contribution in [2.24, 2.45) is 5.10 Å². The summed E-state index contributed by atoms with van der Waals surface area (Å²) >= 11 is 3.24. The SMILES string of the molecule is CCOc1cc(C=NNC(=O)COc2ccc(OC)cc2)cc(Br)c1O. The Bertz CT molecular complexity index is 778. The lowest BCUT2D eigenvalue weighted by Gasteiger charge is -2.08. The Labute approximate surface area is 159 Å². The Morgan fingerprint density at radius 2 is 1.92 bits per heavy atom. The minimum absolute atomic E-state index is 0.0147. The molecule has 0 bridgehead atoms. The third-order valence-corrected chi connectivity index (χ3v) is 3.79. The fourth-order valence-electron chi connectivity index (χ4n) is 1.97. The number of hydrogen-bond acceptors (Lipinski definition) is 6. The van der Waals surface area contributed by atoms with E-state index in [-0.39, 0.29) is 12.4 Å². The smallest absolute Gasteiger partial charge is 0.277 e. The molecule has 0 fully saturated rings. The molecule has 1 amide bonds. The largest absolute Gasteiger partial charge is 0.503 e. The minimum Gasteiger partial charge on any atom is -0.503 e. The lowest BCUT2D eigenvalue weighted by molar-refractivity contribution is -0.123. The van der Waals surface area contributed by atoms with Crippen molar-refractivity contribution < 1.29 is 24.1 Å². The van der Waals surface area contributed by atoms with Gasteiger partial charge in [0.05, 0.1) is 24.4 Å². The number of hydrogen-bond donors (Lipinski definition) is 2. The van der Waals surface area contributed by atoms with Crippen LogP contribution in [0.1, 0.15) is 12.5 Å². The zero-order valence-corrected chi connectivity index (χ0v) is 15.9. The topological polar surface area (TPSA) is 89.4 Å². The lowest BCUT2D eigenvalue weighted by Crippen LogP contribution is -2.24. The highest BCUT2D eigenvalue weighted by atomic mass is 79.9. The summed E-state index contributed by atoms with van der Waals surface area (Å²) in [5, 5.41) is 13.7. The van der Waals surface area contributed by atoms with Gasteiger partial charge in [-0.05, 0) is 64.8 Å². The van der Waals surface area contributed by atoms with Gasteiger partial charge in [-0.3, -0.25) is 4.79 Å². The molecule has 0 saturated carbocycles. The minimum atomic E-state index is -0.403. The second-order valence-electron chi connectivity index (χ2n) is 5.04. The first-order chi connectivity index (χ1) is 12.5. The molecule has 0 aliphatic carbocycles. The molecule has 0 heterocycles. The Hall–Kier alpha value is -2.74. The lowest BCUT2D eigenvalue weighted by atomic mass is 10.2. The number of nitrogens with zero attached hydrogens (tertiary/aromatic N) is 1. The van der Waals surface area contributed by atoms with Crippen molar-refractivity contribution in [3.05, 3.63) is 46.4 Å². The number of carbonyl (C=O) groups is 1. The van der Waals surface area contributed by atoms with Gasteiger partial charge in [-0.25, -0.2) is 5.43 Å². The van der Waals surface area contributed by atoms with E-state index in [4.69, 9.17) is 14.2 Å². The van der Waals surface area contributed by atoms with Crippen molar-refractivity contribution in [3.8, 4) is 23.0 Å². The predicted molar refractivity (Wildman–Crippen MR) is 101 cm³/mol. The third kappa shape index (κ3) is 5.66. The first-order valence-electron chi connectivity index (χ1n) is 7.77. The maximum absolute atomic E-state index is 11.8. The second kappa shape index (κ2) is 9.67. The molecule has 26 heavy (non-hydrogen) atoms. The number of nitrogens with one attached hydrogen (secondary N) is 1. The number of phenolic OH excluding ortho intramolecular Hbond substituents is 1. The van der Waals surface area contributed by atoms with Crippen LogP contribution in [-0.2, 0) is 4.79 Å². The average molecular weight is 423 g/mol. The Morgan fingerprint density at radius 1 is 1.23 bits per heavy atom. The highest BCUT2D eigenvalue weighted by Gasteiger charge is 2.08. The molecule has 0 saturated heterocycles. The summed E-state index contributed by atoms with van der Waals surface area (Å²) in [6, 6.07) is 10.2. The van der Waals surface area contributed by atoms with E-state index in [2.05, 4.69) is 26.5 Å². The number of halogens is 1. The van der Waals surface area contributed by atoms with E-state index < -0.39 is 5.91 Å². The molecule has 2 aromatic rings. The summed E-state index contributed by atoms with van der Waals surface area (Å²) in [7, 11) is 1.57. The summed E-state index contributed by atoms with van der Waals surface area (Å²) in [5.41, 5.74) is 3.02. The predicted octanol–water partition coefficient (Wildman–Crippen LogP) is 3.09. The van der Waals surface area contributed by atoms with Gasteiger partial charge in [0.1, 0.15) is 11.5 Å². The normalized spacial score (nSPS) is 10.6. The van der Waals surface area contributed by atoms with Gasteiger partial charge in [-0.15, -0.1) is 0 Å². The maximum Gasteiger partial charge on any atom is 0.277 e. The summed E-state index contributed by atoms with van der Waals surface area (Å²) in [6.07, 6.45) is 1.44. The van der Waals surface area contributed by atoms with Crippen LogP contribution in [0, 0.1) is 0 Å². The van der Waals surface area contributed by atoms with Crippen molar-refractivity contribution >= 4 is 28.1 Å². The summed E-state index contributed by atoms with van der Waals surface area (Å²) in [5.74, 6) is 1.20. The van der Waals surface area contributed by atoms with Gasteiger partial charge in [0, 0.05) is 0 Å². The number of phenols is 1. The molecule has 0 spiro atoms. The molecule has 2 aromatic carbocycles. The van der Waals surface area contributed by atoms with E-state index >= 15 is 0 Å². The Balaban J connectivity index is 1.88. The molecule has 2 N–H and O–H groups in total. The van der Waals surface area contributed by atoms with Gasteiger partial charge in [-0.1, -0.05) is 0 Å². The first kappa shape index (κ1) is 19.6. The molecule has 2 rings (SSSR count). The van der Waals surface area contributed by atoms with Crippen LogP contribution >= 0.6 is 15.9 Å². The van der Waals surface area contributed by atoms with E-state index in [9.17, 15) is 9.90 Å². The van der Waals surface area contributed by atoms with E-state index in [0.29, 0.717) is 33.9 Å². The van der Waals surface area contributed by atoms with E-state index in [0.717, 1.165) is 0 Å². The van der Waals surface area contributed by atoms with Gasteiger partial charge in [-0.2, -0.15) is 5.10 Å². The summed E-state index contributed by atoms with van der Waals surface area (Å²) in [4.78, 5) is 11.8. The summed E-state index contributed by atoms with van der Waals surface area (Å²) < 4.78 is 16.2. The van der Waals surface area contributed by atoms with Crippen molar-refractivity contribution in [2.75, 3.05) is 20.3 Å². The standard InChI is InChI=1S/C18H19BrN2O5/c1-3-25-16-9-12(8-15(19)18(16)23)10-20-21-17(22)11-26-14-6-4-13(24-2)5-7-14/h4-10,23H,3,11H2,1-2H3,(H,21,22). The molecule has 7 nitrogen and oxygen atoms in total. The van der Waals surface area contributed by atoms with Crippen molar-refractivity contribution in [1.82, 2.24) is 5.43 Å². The molecule has 0 aliphatic heterocycles. The summed E-state index contributed by atoms with van der Waals surface area (Å²) in [6.45, 7) is 2.06. The zero-order valence-electron chi connectivity index (χ0n) is 14.4. The molecular formula is C18H19BrN2O5. The van der Waals surface area contributed by atoms with Gasteiger partial charge in [0.2, 0.25) is 0 Å². The van der Waals surface area contributed by atoms with Crippen LogP contribution in [0.2, 0.25) is 0 Å². The zero-order chi connectivity index (χ0) is 18.9. The van der Waals surface area contributed by atoms with Crippen molar-refractivity contribution in [2.45, 2.75) is 6.92 Å². The number of amides is 1. The van der Waals surface area contributed by atoms with E-state index in [1.54, 1.807) is 43.5 Å². The van der Waals surface area contributed by atoms with Crippen LogP contribution in [-0.4, -0.2) is 37.6 Å². The van der Waals surface area contributed by atoms with Crippen LogP contribution < -0.4 is 19.6 Å². The molecule has 0 atom stereocenters. The monoisotopic (exact) mass is 422 g/mol. The molecule has 0 unspecified atom stereocenters. The molecule has 138 valence electrons. The highest BCUT2D eigenvalue weighted by molar-refractivity contribution is 9.10.